The molecule has 0 saturated heterocycles. The number of rotatable bonds is 7. The van der Waals surface area contributed by atoms with Crippen LogP contribution in [-0.2, 0) is 4.79 Å². The number of aromatic nitrogens is 2. The zero-order valence-corrected chi connectivity index (χ0v) is 21.6. The summed E-state index contributed by atoms with van der Waals surface area (Å²) in [5.41, 5.74) is 5.67. The first-order valence-corrected chi connectivity index (χ1v) is 12.1. The molecule has 1 aromatic heterocycles. The third-order valence-corrected chi connectivity index (χ3v) is 6.72. The van der Waals surface area contributed by atoms with Crippen molar-refractivity contribution in [3.05, 3.63) is 102 Å². The largest absolute Gasteiger partial charge is 0.330 e. The van der Waals surface area contributed by atoms with Crippen LogP contribution in [0.15, 0.2) is 107 Å². The Morgan fingerprint density at radius 1 is 1.21 bits per heavy atom. The van der Waals surface area contributed by atoms with E-state index in [1.807, 2.05) is 55.9 Å². The van der Waals surface area contributed by atoms with Crippen LogP contribution < -0.4 is 5.32 Å². The quantitative estimate of drug-likeness (QED) is 0.248. The van der Waals surface area contributed by atoms with Crippen LogP contribution >= 0.6 is 12.6 Å². The van der Waals surface area contributed by atoms with Gasteiger partial charge in [0.15, 0.2) is 0 Å². The number of para-hydroxylation sites is 1. The Morgan fingerprint density at radius 2 is 1.97 bits per heavy atom. The standard InChI is InChI=1S/C29H35N3OS/c1-21(9-8-10-22(2)19-28(33)31-25-11-6-7-12-27(25)34)13-14-24-23(3)26(15-16-29(24,4)5)32-18-17-30-20-32/h6-14,17-20,26,34H,15-16H2,1-5H3,(H,31,33). The lowest BCUT2D eigenvalue weighted by molar-refractivity contribution is -0.111. The van der Waals surface area contributed by atoms with Crippen LogP contribution in [0.3, 0.4) is 0 Å². The zero-order chi connectivity index (χ0) is 24.7. The van der Waals surface area contributed by atoms with Crippen molar-refractivity contribution >= 4 is 24.2 Å². The van der Waals surface area contributed by atoms with E-state index in [-0.39, 0.29) is 11.3 Å². The topological polar surface area (TPSA) is 46.9 Å². The molecule has 0 radical (unpaired) electrons. The number of benzene rings is 1. The Kier molecular flexibility index (Phi) is 8.56. The Morgan fingerprint density at radius 3 is 2.68 bits per heavy atom. The number of thiol groups is 1. The van der Waals surface area contributed by atoms with Gasteiger partial charge in [-0.15, -0.1) is 12.6 Å². The van der Waals surface area contributed by atoms with E-state index in [4.69, 9.17) is 0 Å². The highest BCUT2D eigenvalue weighted by atomic mass is 32.1. The molecular formula is C29H35N3OS. The van der Waals surface area contributed by atoms with Crippen LogP contribution in [0.5, 0.6) is 0 Å². The molecule has 4 nitrogen and oxygen atoms in total. The van der Waals surface area contributed by atoms with Crippen LogP contribution in [0.1, 0.15) is 53.5 Å². The van der Waals surface area contributed by atoms with Crippen molar-refractivity contribution in [1.29, 1.82) is 0 Å². The monoisotopic (exact) mass is 473 g/mol. The fourth-order valence-corrected chi connectivity index (χ4v) is 4.59. The Hall–Kier alpha value is -3.05. The Bertz CT molecular complexity index is 1160. The summed E-state index contributed by atoms with van der Waals surface area (Å²) < 4.78 is 2.21. The van der Waals surface area contributed by atoms with E-state index in [0.717, 1.165) is 28.9 Å². The average Bonchev–Trinajstić information content (AvgIpc) is 3.29. The predicted molar refractivity (Wildman–Crippen MR) is 145 cm³/mol. The first-order chi connectivity index (χ1) is 16.2. The van der Waals surface area contributed by atoms with Gasteiger partial charge in [-0.2, -0.15) is 0 Å². The molecule has 0 spiro atoms. The highest BCUT2D eigenvalue weighted by Crippen LogP contribution is 2.45. The molecule has 1 amide bonds. The van der Waals surface area contributed by atoms with Crippen LogP contribution in [0.4, 0.5) is 5.69 Å². The molecule has 1 N–H and O–H groups in total. The Balaban J connectivity index is 1.67. The molecule has 1 aliphatic carbocycles. The maximum absolute atomic E-state index is 12.3. The molecule has 1 aromatic carbocycles. The first-order valence-electron chi connectivity index (χ1n) is 11.7. The fraction of sp³-hybridized carbons (Fsp3) is 0.310. The number of nitrogens with one attached hydrogen (secondary N) is 1. The predicted octanol–water partition coefficient (Wildman–Crippen LogP) is 7.49. The van der Waals surface area contributed by atoms with E-state index < -0.39 is 0 Å². The maximum atomic E-state index is 12.3. The van der Waals surface area contributed by atoms with E-state index >= 15 is 0 Å². The van der Waals surface area contributed by atoms with Gasteiger partial charge in [0.05, 0.1) is 18.1 Å². The molecule has 1 unspecified atom stereocenters. The van der Waals surface area contributed by atoms with Gasteiger partial charge >= 0.3 is 0 Å². The smallest absolute Gasteiger partial charge is 0.248 e. The third kappa shape index (κ3) is 6.73. The van der Waals surface area contributed by atoms with Gasteiger partial charge in [0.25, 0.3) is 0 Å². The number of carbonyl (C=O) groups is 1. The maximum Gasteiger partial charge on any atom is 0.248 e. The minimum absolute atomic E-state index is 0.145. The summed E-state index contributed by atoms with van der Waals surface area (Å²) in [6.45, 7) is 10.9. The number of hydrogen-bond acceptors (Lipinski definition) is 3. The van der Waals surface area contributed by atoms with Gasteiger partial charge in [-0.25, -0.2) is 4.98 Å². The number of anilines is 1. The van der Waals surface area contributed by atoms with Crippen molar-refractivity contribution < 1.29 is 4.79 Å². The van der Waals surface area contributed by atoms with Gasteiger partial charge in [-0.1, -0.05) is 61.9 Å². The van der Waals surface area contributed by atoms with Crippen molar-refractivity contribution in [2.24, 2.45) is 5.41 Å². The second-order valence-electron chi connectivity index (χ2n) is 9.54. The summed E-state index contributed by atoms with van der Waals surface area (Å²) in [6, 6.07) is 7.81. The van der Waals surface area contributed by atoms with Gasteiger partial charge in [0, 0.05) is 23.4 Å². The van der Waals surface area contributed by atoms with Crippen LogP contribution in [0.25, 0.3) is 0 Å². The van der Waals surface area contributed by atoms with E-state index in [0.29, 0.717) is 11.7 Å². The molecule has 1 atom stereocenters. The molecule has 0 bridgehead atoms. The summed E-state index contributed by atoms with van der Waals surface area (Å²) in [6.07, 6.45) is 20.1. The lowest BCUT2D eigenvalue weighted by atomic mass is 9.71. The van der Waals surface area contributed by atoms with Gasteiger partial charge in [-0.05, 0) is 67.9 Å². The fourth-order valence-electron chi connectivity index (χ4n) is 4.37. The highest BCUT2D eigenvalue weighted by molar-refractivity contribution is 7.80. The van der Waals surface area contributed by atoms with Crippen molar-refractivity contribution in [2.45, 2.75) is 58.4 Å². The summed E-state index contributed by atoms with van der Waals surface area (Å²) in [5, 5.41) is 2.86. The number of allylic oxidation sites excluding steroid dienone is 9. The van der Waals surface area contributed by atoms with Gasteiger partial charge < -0.3 is 9.88 Å². The third-order valence-electron chi connectivity index (χ3n) is 6.33. The van der Waals surface area contributed by atoms with Crippen molar-refractivity contribution in [1.82, 2.24) is 9.55 Å². The molecule has 3 rings (SSSR count). The summed E-state index contributed by atoms with van der Waals surface area (Å²) in [5.74, 6) is -0.168. The number of carbonyl (C=O) groups excluding carboxylic acids is 1. The molecule has 0 aliphatic heterocycles. The lowest BCUT2D eigenvalue weighted by Crippen LogP contribution is -2.25. The van der Waals surface area contributed by atoms with E-state index in [2.05, 4.69) is 79.6 Å². The molecule has 1 aliphatic rings. The highest BCUT2D eigenvalue weighted by Gasteiger charge is 2.32. The molecule has 5 heteroatoms. The second-order valence-corrected chi connectivity index (χ2v) is 10.0. The molecule has 34 heavy (non-hydrogen) atoms. The van der Waals surface area contributed by atoms with Gasteiger partial charge in [0.1, 0.15) is 0 Å². The number of amides is 1. The van der Waals surface area contributed by atoms with E-state index in [9.17, 15) is 4.79 Å². The van der Waals surface area contributed by atoms with Crippen LogP contribution in [0.2, 0.25) is 0 Å². The first kappa shape index (κ1) is 25.6. The molecule has 2 aromatic rings. The second kappa shape index (κ2) is 11.4. The van der Waals surface area contributed by atoms with Crippen LogP contribution in [-0.4, -0.2) is 15.5 Å². The van der Waals surface area contributed by atoms with Crippen LogP contribution in [0, 0.1) is 5.41 Å². The van der Waals surface area contributed by atoms with Gasteiger partial charge in [0.2, 0.25) is 5.91 Å². The van der Waals surface area contributed by atoms with E-state index in [1.165, 1.54) is 11.1 Å². The normalized spacial score (nSPS) is 19.3. The lowest BCUT2D eigenvalue weighted by Gasteiger charge is -2.37. The zero-order valence-electron chi connectivity index (χ0n) is 20.7. The van der Waals surface area contributed by atoms with E-state index in [1.54, 1.807) is 6.08 Å². The summed E-state index contributed by atoms with van der Waals surface area (Å²) in [4.78, 5) is 17.2. The van der Waals surface area contributed by atoms with Gasteiger partial charge in [-0.3, -0.25) is 4.79 Å². The minimum atomic E-state index is -0.168. The molecule has 0 fully saturated rings. The van der Waals surface area contributed by atoms with Crippen molar-refractivity contribution in [3.63, 3.8) is 0 Å². The van der Waals surface area contributed by atoms with Crippen molar-refractivity contribution in [3.8, 4) is 0 Å². The Labute approximate surface area is 209 Å². The molecular weight excluding hydrogens is 438 g/mol. The molecule has 0 saturated carbocycles. The number of hydrogen-bond donors (Lipinski definition) is 2. The summed E-state index contributed by atoms with van der Waals surface area (Å²) >= 11 is 4.37. The van der Waals surface area contributed by atoms with Crippen molar-refractivity contribution in [2.75, 3.05) is 5.32 Å². The summed E-state index contributed by atoms with van der Waals surface area (Å²) in [7, 11) is 0. The average molecular weight is 474 g/mol. The SMILES string of the molecule is CC(C=CC1=C(C)C(n2ccnc2)CCC1(C)C)=CC=CC(C)=CC(=O)Nc1ccccc1S. The number of imidazole rings is 1. The number of nitrogens with zero attached hydrogens (tertiary/aromatic N) is 2. The molecule has 1 heterocycles. The molecule has 178 valence electrons. The minimum Gasteiger partial charge on any atom is -0.330 e.